The fourth-order valence-electron chi connectivity index (χ4n) is 2.75. The highest BCUT2D eigenvalue weighted by molar-refractivity contribution is 14.1. The Hall–Kier alpha value is -2.16. The molecule has 0 radical (unpaired) electrons. The van der Waals surface area contributed by atoms with Crippen LogP contribution in [0.15, 0.2) is 30.3 Å². The van der Waals surface area contributed by atoms with Gasteiger partial charge >= 0.3 is 0 Å². The van der Waals surface area contributed by atoms with Gasteiger partial charge in [0.2, 0.25) is 0 Å². The number of unbranched alkanes of at least 4 members (excludes halogenated alkanes) is 1. The molecule has 2 aromatic rings. The molecule has 6 nitrogen and oxygen atoms in total. The highest BCUT2D eigenvalue weighted by atomic mass is 127. The molecular weight excluding hydrogens is 519 g/mol. The van der Waals surface area contributed by atoms with Gasteiger partial charge in [0.05, 0.1) is 36.8 Å². The van der Waals surface area contributed by atoms with Crippen molar-refractivity contribution >= 4 is 39.9 Å². The SMILES string of the molecule is CCCCOc1ccc(I)cc1C(=O)Nc1cc(N)c(OCC(C)C)cc1OCC(C)C. The van der Waals surface area contributed by atoms with Gasteiger partial charge in [0, 0.05) is 9.64 Å². The number of nitrogens with one attached hydrogen (secondary N) is 1. The van der Waals surface area contributed by atoms with Crippen molar-refractivity contribution in [3.05, 3.63) is 39.5 Å². The van der Waals surface area contributed by atoms with Gasteiger partial charge < -0.3 is 25.3 Å². The van der Waals surface area contributed by atoms with Crippen molar-refractivity contribution in [1.82, 2.24) is 0 Å². The first-order chi connectivity index (χ1) is 15.2. The number of carbonyl (C=O) groups excluding carboxylic acids is 1. The zero-order valence-corrected chi connectivity index (χ0v) is 21.8. The van der Waals surface area contributed by atoms with E-state index in [0.29, 0.717) is 65.8 Å². The number of anilines is 2. The van der Waals surface area contributed by atoms with E-state index in [1.807, 2.05) is 18.2 Å². The Labute approximate surface area is 205 Å². The van der Waals surface area contributed by atoms with Crippen LogP contribution in [0.25, 0.3) is 0 Å². The van der Waals surface area contributed by atoms with Crippen LogP contribution in [0.1, 0.15) is 57.8 Å². The lowest BCUT2D eigenvalue weighted by Gasteiger charge is -2.19. The maximum atomic E-state index is 13.2. The van der Waals surface area contributed by atoms with E-state index < -0.39 is 0 Å². The van der Waals surface area contributed by atoms with E-state index in [-0.39, 0.29) is 5.91 Å². The molecule has 0 saturated carbocycles. The quantitative estimate of drug-likeness (QED) is 0.181. The van der Waals surface area contributed by atoms with Gasteiger partial charge in [-0.25, -0.2) is 0 Å². The first-order valence-electron chi connectivity index (χ1n) is 11.1. The number of hydrogen-bond acceptors (Lipinski definition) is 5. The van der Waals surface area contributed by atoms with Crippen molar-refractivity contribution in [3.63, 3.8) is 0 Å². The van der Waals surface area contributed by atoms with Crippen LogP contribution >= 0.6 is 22.6 Å². The van der Waals surface area contributed by atoms with Crippen LogP contribution in [0.5, 0.6) is 17.2 Å². The first-order valence-corrected chi connectivity index (χ1v) is 12.2. The third-order valence-electron chi connectivity index (χ3n) is 4.45. The first kappa shape index (κ1) is 26.1. The summed E-state index contributed by atoms with van der Waals surface area (Å²) < 4.78 is 18.6. The lowest BCUT2D eigenvalue weighted by Crippen LogP contribution is -2.16. The maximum absolute atomic E-state index is 13.2. The Bertz CT molecular complexity index is 900. The zero-order chi connectivity index (χ0) is 23.7. The molecule has 2 aromatic carbocycles. The minimum Gasteiger partial charge on any atom is -0.493 e. The highest BCUT2D eigenvalue weighted by Crippen LogP contribution is 2.36. The summed E-state index contributed by atoms with van der Waals surface area (Å²) >= 11 is 2.19. The molecule has 0 saturated heterocycles. The molecule has 0 heterocycles. The van der Waals surface area contributed by atoms with Crippen LogP contribution in [0.4, 0.5) is 11.4 Å². The Kier molecular flexibility index (Phi) is 10.4. The minimum absolute atomic E-state index is 0.278. The van der Waals surface area contributed by atoms with E-state index in [1.54, 1.807) is 12.1 Å². The van der Waals surface area contributed by atoms with Gasteiger partial charge in [-0.1, -0.05) is 41.0 Å². The van der Waals surface area contributed by atoms with E-state index in [4.69, 9.17) is 19.9 Å². The molecule has 2 rings (SSSR count). The van der Waals surface area contributed by atoms with Crippen LogP contribution in [-0.2, 0) is 0 Å². The third kappa shape index (κ3) is 8.07. The molecule has 1 amide bonds. The number of nitrogens with two attached hydrogens (primary N) is 1. The lowest BCUT2D eigenvalue weighted by molar-refractivity contribution is 0.102. The van der Waals surface area contributed by atoms with Crippen molar-refractivity contribution in [2.45, 2.75) is 47.5 Å². The van der Waals surface area contributed by atoms with Gasteiger partial charge in [-0.05, 0) is 65.1 Å². The molecule has 0 fully saturated rings. The topological polar surface area (TPSA) is 82.8 Å². The predicted octanol–water partition coefficient (Wildman–Crippen LogP) is 6.37. The molecule has 0 aliphatic rings. The Morgan fingerprint density at radius 3 is 2.25 bits per heavy atom. The second kappa shape index (κ2) is 12.8. The average Bonchev–Trinajstić information content (AvgIpc) is 2.73. The summed E-state index contributed by atoms with van der Waals surface area (Å²) in [5.41, 5.74) is 7.65. The normalized spacial score (nSPS) is 11.0. The number of hydrogen-bond donors (Lipinski definition) is 2. The van der Waals surface area contributed by atoms with E-state index in [9.17, 15) is 4.79 Å². The van der Waals surface area contributed by atoms with Crippen LogP contribution in [-0.4, -0.2) is 25.7 Å². The largest absolute Gasteiger partial charge is 0.493 e. The highest BCUT2D eigenvalue weighted by Gasteiger charge is 2.18. The number of carbonyl (C=O) groups is 1. The monoisotopic (exact) mass is 554 g/mol. The lowest BCUT2D eigenvalue weighted by atomic mass is 10.1. The average molecular weight is 554 g/mol. The summed E-state index contributed by atoms with van der Waals surface area (Å²) in [4.78, 5) is 13.2. The summed E-state index contributed by atoms with van der Waals surface area (Å²) in [6.07, 6.45) is 1.95. The molecule has 32 heavy (non-hydrogen) atoms. The van der Waals surface area contributed by atoms with E-state index in [2.05, 4.69) is 62.5 Å². The minimum atomic E-state index is -0.278. The van der Waals surface area contributed by atoms with E-state index >= 15 is 0 Å². The van der Waals surface area contributed by atoms with Crippen LogP contribution in [0, 0.1) is 15.4 Å². The molecule has 0 unspecified atom stereocenters. The third-order valence-corrected chi connectivity index (χ3v) is 5.12. The number of nitrogen functional groups attached to an aromatic ring is 1. The smallest absolute Gasteiger partial charge is 0.259 e. The molecule has 7 heteroatoms. The fourth-order valence-corrected chi connectivity index (χ4v) is 3.25. The summed E-state index contributed by atoms with van der Waals surface area (Å²) in [6.45, 7) is 12.0. The van der Waals surface area contributed by atoms with Crippen LogP contribution in [0.3, 0.4) is 0 Å². The zero-order valence-electron chi connectivity index (χ0n) is 19.7. The second-order valence-electron chi connectivity index (χ2n) is 8.59. The summed E-state index contributed by atoms with van der Waals surface area (Å²) in [6, 6.07) is 9.02. The molecule has 3 N–H and O–H groups in total. The van der Waals surface area contributed by atoms with Gasteiger partial charge in [0.15, 0.2) is 0 Å². The van der Waals surface area contributed by atoms with Gasteiger partial charge in [-0.3, -0.25) is 4.79 Å². The predicted molar refractivity (Wildman–Crippen MR) is 139 cm³/mol. The van der Waals surface area contributed by atoms with Gasteiger partial charge in [0.25, 0.3) is 5.91 Å². The van der Waals surface area contributed by atoms with Gasteiger partial charge in [-0.2, -0.15) is 0 Å². The molecular formula is C25H35IN2O4. The number of ether oxygens (including phenoxy) is 3. The van der Waals surface area contributed by atoms with E-state index in [0.717, 1.165) is 16.4 Å². The van der Waals surface area contributed by atoms with Crippen molar-refractivity contribution < 1.29 is 19.0 Å². The Balaban J connectivity index is 2.32. The molecule has 0 aliphatic carbocycles. The maximum Gasteiger partial charge on any atom is 0.259 e. The summed E-state index contributed by atoms with van der Waals surface area (Å²) in [5, 5.41) is 2.96. The van der Waals surface area contributed by atoms with Crippen molar-refractivity contribution in [2.24, 2.45) is 11.8 Å². The molecule has 176 valence electrons. The molecule has 0 atom stereocenters. The second-order valence-corrected chi connectivity index (χ2v) is 9.84. The van der Waals surface area contributed by atoms with Gasteiger partial charge in [0.1, 0.15) is 17.2 Å². The fraction of sp³-hybridized carbons (Fsp3) is 0.480. The van der Waals surface area contributed by atoms with Crippen molar-refractivity contribution in [3.8, 4) is 17.2 Å². The molecule has 0 aliphatic heterocycles. The number of amides is 1. The standard InChI is InChI=1S/C25H35IN2O4/c1-6-7-10-30-22-9-8-18(26)11-19(22)25(29)28-21-12-20(27)23(31-14-16(2)3)13-24(21)32-15-17(4)5/h8-9,11-13,16-17H,6-7,10,14-15,27H2,1-5H3,(H,28,29). The van der Waals surface area contributed by atoms with Crippen molar-refractivity contribution in [2.75, 3.05) is 30.9 Å². The number of rotatable bonds is 12. The Morgan fingerprint density at radius 2 is 1.62 bits per heavy atom. The van der Waals surface area contributed by atoms with Crippen molar-refractivity contribution in [1.29, 1.82) is 0 Å². The van der Waals surface area contributed by atoms with Crippen LogP contribution in [0.2, 0.25) is 0 Å². The molecule has 0 bridgehead atoms. The molecule has 0 aromatic heterocycles. The summed E-state index contributed by atoms with van der Waals surface area (Å²) in [7, 11) is 0. The van der Waals surface area contributed by atoms with Crippen LogP contribution < -0.4 is 25.3 Å². The van der Waals surface area contributed by atoms with E-state index in [1.165, 1.54) is 0 Å². The number of benzene rings is 2. The molecule has 0 spiro atoms. The summed E-state index contributed by atoms with van der Waals surface area (Å²) in [5.74, 6) is 2.05. The number of halogens is 1. The Morgan fingerprint density at radius 1 is 0.969 bits per heavy atom. The van der Waals surface area contributed by atoms with Gasteiger partial charge in [-0.15, -0.1) is 0 Å².